The van der Waals surface area contributed by atoms with Crippen LogP contribution in [0.1, 0.15) is 39.5 Å². The summed E-state index contributed by atoms with van der Waals surface area (Å²) in [6.07, 6.45) is 0. The lowest BCUT2D eigenvalue weighted by Gasteiger charge is -2.18. The molecule has 0 radical (unpaired) electrons. The Hall–Kier alpha value is -4.70. The first-order valence-corrected chi connectivity index (χ1v) is 11.1. The van der Waals surface area contributed by atoms with E-state index in [-0.39, 0.29) is 5.56 Å². The van der Waals surface area contributed by atoms with Gasteiger partial charge in [0, 0.05) is 5.57 Å². The molecule has 35 heavy (non-hydrogen) atoms. The van der Waals surface area contributed by atoms with Crippen LogP contribution in [-0.2, 0) is 4.79 Å². The zero-order valence-corrected chi connectivity index (χ0v) is 19.3. The molecule has 0 unspecified atom stereocenters. The van der Waals surface area contributed by atoms with E-state index in [1.165, 1.54) is 0 Å². The first-order valence-electron chi connectivity index (χ1n) is 11.1. The lowest BCUT2D eigenvalue weighted by molar-refractivity contribution is -0.130. The normalized spacial score (nSPS) is 10.3. The molecule has 0 aliphatic carbocycles. The first-order chi connectivity index (χ1) is 16.9. The van der Waals surface area contributed by atoms with Gasteiger partial charge < -0.3 is 9.84 Å². The maximum absolute atomic E-state index is 11.9. The molecule has 0 saturated carbocycles. The van der Waals surface area contributed by atoms with Gasteiger partial charge in [0.1, 0.15) is 5.75 Å². The van der Waals surface area contributed by atoms with Crippen LogP contribution in [-0.4, -0.2) is 17.0 Å². The Morgan fingerprint density at radius 2 is 0.971 bits per heavy atom. The molecular formula is C31H24O4. The molecule has 0 saturated heterocycles. The van der Waals surface area contributed by atoms with Crippen LogP contribution in [0.15, 0.2) is 121 Å². The number of carboxylic acids is 1. The number of carbonyl (C=O) groups is 2. The number of carboxylic acid groups (broad SMARTS) is 1. The topological polar surface area (TPSA) is 63.6 Å². The maximum atomic E-state index is 11.9. The largest absolute Gasteiger partial charge is 0.478 e. The Morgan fingerprint density at radius 1 is 0.600 bits per heavy atom. The van der Waals surface area contributed by atoms with E-state index < -0.39 is 11.9 Å². The van der Waals surface area contributed by atoms with Gasteiger partial charge in [-0.2, -0.15) is 0 Å². The fourth-order valence-corrected chi connectivity index (χ4v) is 3.78. The number of ether oxygens (including phenoxy) is 1. The highest BCUT2D eigenvalue weighted by molar-refractivity contribution is 6.05. The third-order valence-electron chi connectivity index (χ3n) is 5.50. The second-order valence-corrected chi connectivity index (χ2v) is 8.06. The molecule has 0 fully saturated rings. The van der Waals surface area contributed by atoms with Gasteiger partial charge in [-0.25, -0.2) is 9.59 Å². The molecule has 0 heterocycles. The van der Waals surface area contributed by atoms with Gasteiger partial charge in [0.15, 0.2) is 0 Å². The molecule has 0 aliphatic rings. The molecule has 4 aromatic carbocycles. The lowest BCUT2D eigenvalue weighted by atomic mass is 9.85. The predicted molar refractivity (Wildman–Crippen MR) is 138 cm³/mol. The summed E-state index contributed by atoms with van der Waals surface area (Å²) >= 11 is 0. The predicted octanol–water partition coefficient (Wildman–Crippen LogP) is 6.87. The second kappa shape index (κ2) is 10.5. The van der Waals surface area contributed by atoms with Crippen molar-refractivity contribution in [3.8, 4) is 5.75 Å². The summed E-state index contributed by atoms with van der Waals surface area (Å²) in [6.45, 7) is 5.22. The van der Waals surface area contributed by atoms with E-state index in [0.717, 1.165) is 33.4 Å². The molecule has 4 rings (SSSR count). The maximum Gasteiger partial charge on any atom is 0.338 e. The fourth-order valence-electron chi connectivity index (χ4n) is 3.78. The Labute approximate surface area is 204 Å². The third kappa shape index (κ3) is 5.45. The highest BCUT2D eigenvalue weighted by Crippen LogP contribution is 2.37. The van der Waals surface area contributed by atoms with Crippen LogP contribution >= 0.6 is 0 Å². The van der Waals surface area contributed by atoms with E-state index >= 15 is 0 Å². The number of carbonyl (C=O) groups excluding carboxylic acids is 1. The van der Waals surface area contributed by atoms with Crippen molar-refractivity contribution in [2.45, 2.75) is 6.92 Å². The highest BCUT2D eigenvalue weighted by atomic mass is 16.5. The average molecular weight is 461 g/mol. The summed E-state index contributed by atoms with van der Waals surface area (Å²) in [6, 6.07) is 34.2. The van der Waals surface area contributed by atoms with Crippen molar-refractivity contribution in [2.24, 2.45) is 0 Å². The number of hydrogen-bond acceptors (Lipinski definition) is 3. The zero-order valence-electron chi connectivity index (χ0n) is 19.3. The van der Waals surface area contributed by atoms with Gasteiger partial charge in [0.05, 0.1) is 5.56 Å². The quantitative estimate of drug-likeness (QED) is 0.141. The van der Waals surface area contributed by atoms with Gasteiger partial charge in [-0.3, -0.25) is 0 Å². The van der Waals surface area contributed by atoms with Crippen LogP contribution in [0.3, 0.4) is 0 Å². The summed E-state index contributed by atoms with van der Waals surface area (Å²) in [7, 11) is 0. The summed E-state index contributed by atoms with van der Waals surface area (Å²) < 4.78 is 5.37. The molecule has 0 atom stereocenters. The minimum Gasteiger partial charge on any atom is -0.478 e. The monoisotopic (exact) mass is 460 g/mol. The molecular weight excluding hydrogens is 436 g/mol. The lowest BCUT2D eigenvalue weighted by Crippen LogP contribution is -2.08. The molecule has 0 aromatic heterocycles. The van der Waals surface area contributed by atoms with Crippen LogP contribution in [0.25, 0.3) is 11.1 Å². The molecule has 172 valence electrons. The number of aromatic carboxylic acids is 1. The molecule has 4 heteroatoms. The Bertz CT molecular complexity index is 1340. The van der Waals surface area contributed by atoms with Crippen LogP contribution in [0.5, 0.6) is 5.75 Å². The van der Waals surface area contributed by atoms with Crippen LogP contribution in [0.2, 0.25) is 0 Å². The van der Waals surface area contributed by atoms with E-state index in [4.69, 9.17) is 4.74 Å². The van der Waals surface area contributed by atoms with Gasteiger partial charge in [-0.1, -0.05) is 91.5 Å². The molecule has 4 aromatic rings. The molecule has 0 aliphatic heterocycles. The van der Waals surface area contributed by atoms with E-state index in [1.807, 2.05) is 60.7 Å². The molecule has 0 amide bonds. The van der Waals surface area contributed by atoms with E-state index in [0.29, 0.717) is 11.3 Å². The van der Waals surface area contributed by atoms with Gasteiger partial charge in [-0.15, -0.1) is 0 Å². The number of esters is 1. The van der Waals surface area contributed by atoms with Crippen molar-refractivity contribution < 1.29 is 19.4 Å². The Kier molecular flexibility index (Phi) is 7.03. The minimum atomic E-state index is -0.975. The van der Waals surface area contributed by atoms with Gasteiger partial charge in [-0.05, 0) is 64.6 Å². The SMILES string of the molecule is C=C(C)C(=O)Oc1ccc(C(=C(c2ccccc2)c2ccccc2)c2ccc(C(=O)O)cc2)cc1. The van der Waals surface area contributed by atoms with Crippen LogP contribution < -0.4 is 4.74 Å². The number of rotatable bonds is 7. The zero-order chi connectivity index (χ0) is 24.8. The molecule has 1 N–H and O–H groups in total. The smallest absolute Gasteiger partial charge is 0.338 e. The summed E-state index contributed by atoms with van der Waals surface area (Å²) in [4.78, 5) is 23.4. The Balaban J connectivity index is 1.95. The van der Waals surface area contributed by atoms with E-state index in [2.05, 4.69) is 30.8 Å². The van der Waals surface area contributed by atoms with Crippen LogP contribution in [0.4, 0.5) is 0 Å². The third-order valence-corrected chi connectivity index (χ3v) is 5.50. The van der Waals surface area contributed by atoms with Crippen molar-refractivity contribution in [3.05, 3.63) is 149 Å². The number of benzene rings is 4. The van der Waals surface area contributed by atoms with E-state index in [1.54, 1.807) is 31.2 Å². The number of hydrogen-bond donors (Lipinski definition) is 1. The standard InChI is InChI=1S/C31H24O4/c1-21(2)31(34)35-27-19-17-25(18-20-27)29(24-13-15-26(16-14-24)30(32)33)28(22-9-5-3-6-10-22)23-11-7-4-8-12-23/h3-20H,1H2,2H3,(H,32,33). The van der Waals surface area contributed by atoms with Crippen LogP contribution in [0, 0.1) is 0 Å². The van der Waals surface area contributed by atoms with Crippen molar-refractivity contribution in [3.63, 3.8) is 0 Å². The minimum absolute atomic E-state index is 0.219. The van der Waals surface area contributed by atoms with Gasteiger partial charge >= 0.3 is 11.9 Å². The Morgan fingerprint density at radius 3 is 1.37 bits per heavy atom. The van der Waals surface area contributed by atoms with Crippen molar-refractivity contribution >= 4 is 23.1 Å². The van der Waals surface area contributed by atoms with Crippen molar-refractivity contribution in [2.75, 3.05) is 0 Å². The molecule has 4 nitrogen and oxygen atoms in total. The van der Waals surface area contributed by atoms with Gasteiger partial charge in [0.25, 0.3) is 0 Å². The fraction of sp³-hybridized carbons (Fsp3) is 0.0323. The summed E-state index contributed by atoms with van der Waals surface area (Å²) in [5.74, 6) is -1.03. The highest BCUT2D eigenvalue weighted by Gasteiger charge is 2.17. The molecule has 0 spiro atoms. The van der Waals surface area contributed by atoms with E-state index in [9.17, 15) is 14.7 Å². The summed E-state index contributed by atoms with van der Waals surface area (Å²) in [5.41, 5.74) is 6.27. The van der Waals surface area contributed by atoms with Gasteiger partial charge in [0.2, 0.25) is 0 Å². The summed E-state index contributed by atoms with van der Waals surface area (Å²) in [5, 5.41) is 9.38. The van der Waals surface area contributed by atoms with Crippen molar-refractivity contribution in [1.82, 2.24) is 0 Å². The molecule has 0 bridgehead atoms. The first kappa shape index (κ1) is 23.5. The van der Waals surface area contributed by atoms with Crippen molar-refractivity contribution in [1.29, 1.82) is 0 Å². The average Bonchev–Trinajstić information content (AvgIpc) is 2.89. The second-order valence-electron chi connectivity index (χ2n) is 8.06.